The van der Waals surface area contributed by atoms with Gasteiger partial charge in [0, 0.05) is 30.9 Å². The Balaban J connectivity index is 1.37. The van der Waals surface area contributed by atoms with Crippen LogP contribution in [-0.4, -0.2) is 36.2 Å². The fourth-order valence-electron chi connectivity index (χ4n) is 5.08. The van der Waals surface area contributed by atoms with E-state index in [2.05, 4.69) is 65.7 Å². The molecule has 1 aliphatic heterocycles. The number of carboxylic acid groups (broad SMARTS) is 1. The maximum atomic E-state index is 11.3. The normalized spacial score (nSPS) is 23.1. The van der Waals surface area contributed by atoms with E-state index >= 15 is 0 Å². The topological polar surface area (TPSA) is 52.6 Å². The first kappa shape index (κ1) is 20.0. The highest BCUT2D eigenvalue weighted by Gasteiger charge is 2.29. The van der Waals surface area contributed by atoms with Crippen LogP contribution in [0.4, 0.5) is 5.69 Å². The summed E-state index contributed by atoms with van der Waals surface area (Å²) >= 11 is 0. The lowest BCUT2D eigenvalue weighted by Gasteiger charge is -2.38. The molecule has 2 N–H and O–H groups in total. The number of carbonyl (C=O) groups is 1. The Morgan fingerprint density at radius 3 is 2.45 bits per heavy atom. The lowest BCUT2D eigenvalue weighted by molar-refractivity contribution is -0.143. The van der Waals surface area contributed by atoms with E-state index < -0.39 is 5.97 Å². The molecule has 1 aliphatic carbocycles. The van der Waals surface area contributed by atoms with Crippen LogP contribution in [0.1, 0.15) is 44.1 Å². The summed E-state index contributed by atoms with van der Waals surface area (Å²) in [6.07, 6.45) is 5.99. The van der Waals surface area contributed by atoms with Gasteiger partial charge in [0.25, 0.3) is 0 Å². The van der Waals surface area contributed by atoms with E-state index in [-0.39, 0.29) is 5.92 Å². The number of nitrogens with one attached hydrogen (secondary N) is 1. The summed E-state index contributed by atoms with van der Waals surface area (Å²) in [5, 5.41) is 13.1. The van der Waals surface area contributed by atoms with E-state index in [0.717, 1.165) is 51.6 Å². The molecule has 4 nitrogen and oxygen atoms in total. The second kappa shape index (κ2) is 9.00. The Hall–Kier alpha value is -2.33. The van der Waals surface area contributed by atoms with E-state index in [1.165, 1.54) is 22.4 Å². The van der Waals surface area contributed by atoms with Gasteiger partial charge in [-0.1, -0.05) is 48.9 Å². The Kier molecular flexibility index (Phi) is 6.19. The van der Waals surface area contributed by atoms with Gasteiger partial charge >= 0.3 is 5.97 Å². The van der Waals surface area contributed by atoms with Crippen molar-refractivity contribution in [2.75, 3.05) is 18.0 Å². The highest BCUT2D eigenvalue weighted by molar-refractivity contribution is 5.74. The van der Waals surface area contributed by atoms with Gasteiger partial charge in [-0.25, -0.2) is 0 Å². The van der Waals surface area contributed by atoms with Crippen LogP contribution in [-0.2, 0) is 4.79 Å². The molecule has 2 atom stereocenters. The van der Waals surface area contributed by atoms with Crippen LogP contribution in [0.15, 0.2) is 48.5 Å². The predicted molar refractivity (Wildman–Crippen MR) is 118 cm³/mol. The van der Waals surface area contributed by atoms with Crippen molar-refractivity contribution in [1.29, 1.82) is 0 Å². The van der Waals surface area contributed by atoms with Crippen LogP contribution in [0.3, 0.4) is 0 Å². The zero-order chi connectivity index (χ0) is 20.2. The van der Waals surface area contributed by atoms with Gasteiger partial charge in [0.15, 0.2) is 0 Å². The molecule has 29 heavy (non-hydrogen) atoms. The van der Waals surface area contributed by atoms with Gasteiger partial charge in [-0.05, 0) is 61.8 Å². The van der Waals surface area contributed by atoms with Crippen molar-refractivity contribution < 1.29 is 9.90 Å². The van der Waals surface area contributed by atoms with Crippen molar-refractivity contribution in [1.82, 2.24) is 5.32 Å². The largest absolute Gasteiger partial charge is 0.481 e. The summed E-state index contributed by atoms with van der Waals surface area (Å²) in [6.45, 7) is 4.33. The molecule has 2 aliphatic rings. The van der Waals surface area contributed by atoms with Crippen LogP contribution in [0, 0.1) is 12.8 Å². The summed E-state index contributed by atoms with van der Waals surface area (Å²) in [4.78, 5) is 13.8. The summed E-state index contributed by atoms with van der Waals surface area (Å²) < 4.78 is 0. The van der Waals surface area contributed by atoms with E-state index in [1.807, 2.05) is 0 Å². The average Bonchev–Trinajstić information content (AvgIpc) is 2.75. The standard InChI is InChI=1S/C25H32N2O2/c1-18-23(19-7-3-2-4-8-19)11-6-12-24(18)27-15-13-21(14-16-27)26-22-10-5-9-20(17-22)25(28)29/h2-4,6-8,11-12,20-22,26H,5,9-10,13-17H2,1H3,(H,28,29). The van der Waals surface area contributed by atoms with Gasteiger partial charge in [0.2, 0.25) is 0 Å². The molecule has 2 fully saturated rings. The third-order valence-corrected chi connectivity index (χ3v) is 6.72. The van der Waals surface area contributed by atoms with Gasteiger partial charge in [-0.15, -0.1) is 0 Å². The zero-order valence-corrected chi connectivity index (χ0v) is 17.3. The number of piperidine rings is 1. The number of benzene rings is 2. The molecular formula is C25H32N2O2. The SMILES string of the molecule is Cc1c(-c2ccccc2)cccc1N1CCC(NC2CCCC(C(=O)O)C2)CC1. The molecule has 1 saturated carbocycles. The number of carboxylic acids is 1. The van der Waals surface area contributed by atoms with Crippen LogP contribution in [0.5, 0.6) is 0 Å². The molecule has 1 saturated heterocycles. The molecule has 154 valence electrons. The first-order chi connectivity index (χ1) is 14.1. The maximum absolute atomic E-state index is 11.3. The third kappa shape index (κ3) is 4.64. The second-order valence-corrected chi connectivity index (χ2v) is 8.64. The zero-order valence-electron chi connectivity index (χ0n) is 17.3. The molecule has 4 heteroatoms. The van der Waals surface area contributed by atoms with E-state index in [4.69, 9.17) is 0 Å². The number of hydrogen-bond acceptors (Lipinski definition) is 3. The molecule has 1 heterocycles. The van der Waals surface area contributed by atoms with Gasteiger partial charge in [-0.2, -0.15) is 0 Å². The molecule has 0 bridgehead atoms. The molecule has 0 radical (unpaired) electrons. The summed E-state index contributed by atoms with van der Waals surface area (Å²) in [7, 11) is 0. The molecule has 0 amide bonds. The Labute approximate surface area is 173 Å². The van der Waals surface area contributed by atoms with Gasteiger partial charge < -0.3 is 15.3 Å². The minimum atomic E-state index is -0.625. The molecule has 2 aromatic carbocycles. The van der Waals surface area contributed by atoms with E-state index in [0.29, 0.717) is 12.1 Å². The Bertz CT molecular complexity index is 828. The highest BCUT2D eigenvalue weighted by atomic mass is 16.4. The summed E-state index contributed by atoms with van der Waals surface area (Å²) in [6, 6.07) is 18.1. The molecule has 2 aromatic rings. The average molecular weight is 393 g/mol. The van der Waals surface area contributed by atoms with Crippen molar-refractivity contribution in [2.45, 2.75) is 57.5 Å². The minimum absolute atomic E-state index is 0.162. The van der Waals surface area contributed by atoms with Crippen LogP contribution >= 0.6 is 0 Å². The lowest BCUT2D eigenvalue weighted by Crippen LogP contribution is -2.48. The van der Waals surface area contributed by atoms with Gasteiger partial charge in [-0.3, -0.25) is 4.79 Å². The van der Waals surface area contributed by atoms with E-state index in [1.54, 1.807) is 0 Å². The second-order valence-electron chi connectivity index (χ2n) is 8.64. The third-order valence-electron chi connectivity index (χ3n) is 6.72. The monoisotopic (exact) mass is 392 g/mol. The quantitative estimate of drug-likeness (QED) is 0.763. The van der Waals surface area contributed by atoms with Crippen molar-refractivity contribution in [3.05, 3.63) is 54.1 Å². The summed E-state index contributed by atoms with van der Waals surface area (Å²) in [5.41, 5.74) is 5.27. The number of anilines is 1. The van der Waals surface area contributed by atoms with E-state index in [9.17, 15) is 9.90 Å². The van der Waals surface area contributed by atoms with Gasteiger partial charge in [0.1, 0.15) is 0 Å². The molecule has 2 unspecified atom stereocenters. The fourth-order valence-corrected chi connectivity index (χ4v) is 5.08. The van der Waals surface area contributed by atoms with Crippen molar-refractivity contribution in [3.8, 4) is 11.1 Å². The summed E-state index contributed by atoms with van der Waals surface area (Å²) in [5.74, 6) is -0.787. The number of nitrogens with zero attached hydrogens (tertiary/aromatic N) is 1. The smallest absolute Gasteiger partial charge is 0.306 e. The lowest BCUT2D eigenvalue weighted by atomic mass is 9.85. The maximum Gasteiger partial charge on any atom is 0.306 e. The first-order valence-electron chi connectivity index (χ1n) is 11.0. The number of hydrogen-bond donors (Lipinski definition) is 2. The van der Waals surface area contributed by atoms with Crippen LogP contribution < -0.4 is 10.2 Å². The molecule has 0 spiro atoms. The number of aliphatic carboxylic acids is 1. The Morgan fingerprint density at radius 1 is 0.966 bits per heavy atom. The minimum Gasteiger partial charge on any atom is -0.481 e. The van der Waals surface area contributed by atoms with Crippen LogP contribution in [0.25, 0.3) is 11.1 Å². The first-order valence-corrected chi connectivity index (χ1v) is 11.0. The van der Waals surface area contributed by atoms with Crippen LogP contribution in [0.2, 0.25) is 0 Å². The highest BCUT2D eigenvalue weighted by Crippen LogP contribution is 2.32. The molecule has 4 rings (SSSR count). The Morgan fingerprint density at radius 2 is 1.72 bits per heavy atom. The van der Waals surface area contributed by atoms with Crippen molar-refractivity contribution in [3.63, 3.8) is 0 Å². The molecular weight excluding hydrogens is 360 g/mol. The van der Waals surface area contributed by atoms with Crippen molar-refractivity contribution in [2.24, 2.45) is 5.92 Å². The van der Waals surface area contributed by atoms with Gasteiger partial charge in [0.05, 0.1) is 5.92 Å². The number of rotatable bonds is 5. The predicted octanol–water partition coefficient (Wildman–Crippen LogP) is 4.86. The van der Waals surface area contributed by atoms with Crippen molar-refractivity contribution >= 4 is 11.7 Å². The molecule has 0 aromatic heterocycles. The fraction of sp³-hybridized carbons (Fsp3) is 0.480.